The van der Waals surface area contributed by atoms with Crippen LogP contribution < -0.4 is 0 Å². The number of fused-ring (bicyclic) bond motifs is 1. The van der Waals surface area contributed by atoms with E-state index in [-0.39, 0.29) is 5.56 Å². The lowest BCUT2D eigenvalue weighted by molar-refractivity contribution is 0.100. The molecule has 1 aromatic heterocycles. The normalized spacial score (nSPS) is 10.4. The Labute approximate surface area is 115 Å². The van der Waals surface area contributed by atoms with E-state index < -0.39 is 5.91 Å². The summed E-state index contributed by atoms with van der Waals surface area (Å²) >= 11 is 0. The van der Waals surface area contributed by atoms with Crippen LogP contribution in [0.3, 0.4) is 0 Å². The van der Waals surface area contributed by atoms with Gasteiger partial charge in [-0.25, -0.2) is 0 Å². The molecule has 3 rings (SSSR count). The monoisotopic (exact) mass is 262 g/mol. The number of carbonyl (C=O) groups is 1. The number of nitroso groups, excluding NO2 is 1. The summed E-state index contributed by atoms with van der Waals surface area (Å²) < 4.78 is 0. The van der Waals surface area contributed by atoms with Gasteiger partial charge in [-0.05, 0) is 23.6 Å². The lowest BCUT2D eigenvalue weighted by atomic mass is 10.0. The third kappa shape index (κ3) is 2.07. The van der Waals surface area contributed by atoms with Crippen molar-refractivity contribution in [3.63, 3.8) is 0 Å². The Kier molecular flexibility index (Phi) is 3.05. The average Bonchev–Trinajstić information content (AvgIpc) is 2.54. The van der Waals surface area contributed by atoms with E-state index in [9.17, 15) is 9.70 Å². The molecule has 0 spiro atoms. The summed E-state index contributed by atoms with van der Waals surface area (Å²) in [4.78, 5) is 26.2. The van der Waals surface area contributed by atoms with Crippen LogP contribution in [-0.2, 0) is 0 Å². The molecule has 0 aliphatic rings. The minimum absolute atomic E-state index is 0.276. The van der Waals surface area contributed by atoms with E-state index in [0.29, 0.717) is 0 Å². The molecule has 0 aliphatic heterocycles. The van der Waals surface area contributed by atoms with Crippen molar-refractivity contribution in [3.8, 4) is 11.3 Å². The number of benzene rings is 2. The SMILES string of the molecule is O=NC(=O)c1ccc2ccnc(-c3ccccc3)c2c1. The fourth-order valence-electron chi connectivity index (χ4n) is 2.18. The zero-order chi connectivity index (χ0) is 13.9. The van der Waals surface area contributed by atoms with Crippen molar-refractivity contribution in [2.75, 3.05) is 0 Å². The fraction of sp³-hybridized carbons (Fsp3) is 0. The summed E-state index contributed by atoms with van der Waals surface area (Å²) in [6.45, 7) is 0. The second kappa shape index (κ2) is 5.01. The highest BCUT2D eigenvalue weighted by molar-refractivity contribution is 6.02. The van der Waals surface area contributed by atoms with E-state index in [0.717, 1.165) is 22.0 Å². The van der Waals surface area contributed by atoms with Crippen LogP contribution in [0.1, 0.15) is 10.4 Å². The molecule has 0 fully saturated rings. The van der Waals surface area contributed by atoms with Crippen LogP contribution >= 0.6 is 0 Å². The summed E-state index contributed by atoms with van der Waals surface area (Å²) in [5, 5.41) is 4.25. The Morgan fingerprint density at radius 1 is 1.00 bits per heavy atom. The Balaban J connectivity index is 2.27. The van der Waals surface area contributed by atoms with Gasteiger partial charge in [0, 0.05) is 27.9 Å². The van der Waals surface area contributed by atoms with Crippen molar-refractivity contribution in [2.45, 2.75) is 0 Å². The standard InChI is InChI=1S/C16H10N2O2/c19-16(18-20)13-7-6-11-8-9-17-15(14(11)10-13)12-4-2-1-3-5-12/h1-10H. The molecule has 0 N–H and O–H groups in total. The minimum Gasteiger partial charge on any atom is -0.263 e. The Morgan fingerprint density at radius 2 is 1.80 bits per heavy atom. The number of carbonyl (C=O) groups excluding carboxylic acids is 1. The largest absolute Gasteiger partial charge is 0.316 e. The van der Waals surface area contributed by atoms with Crippen molar-refractivity contribution in [2.24, 2.45) is 5.18 Å². The Morgan fingerprint density at radius 3 is 2.55 bits per heavy atom. The second-order valence-electron chi connectivity index (χ2n) is 4.36. The third-order valence-electron chi connectivity index (χ3n) is 3.14. The molecular formula is C16H10N2O2. The van der Waals surface area contributed by atoms with Crippen molar-refractivity contribution in [3.05, 3.63) is 71.3 Å². The Hall–Kier alpha value is -2.88. The van der Waals surface area contributed by atoms with E-state index in [4.69, 9.17) is 0 Å². The first kappa shape index (κ1) is 12.2. The molecule has 96 valence electrons. The zero-order valence-corrected chi connectivity index (χ0v) is 10.5. The summed E-state index contributed by atoms with van der Waals surface area (Å²) in [5.74, 6) is -0.769. The van der Waals surface area contributed by atoms with Crippen molar-refractivity contribution in [1.29, 1.82) is 0 Å². The number of nitrogens with zero attached hydrogens (tertiary/aromatic N) is 2. The van der Waals surface area contributed by atoms with Gasteiger partial charge in [0.15, 0.2) is 0 Å². The molecule has 0 atom stereocenters. The first-order valence-corrected chi connectivity index (χ1v) is 6.11. The van der Waals surface area contributed by atoms with Gasteiger partial charge in [0.25, 0.3) is 0 Å². The van der Waals surface area contributed by atoms with Gasteiger partial charge in [-0.1, -0.05) is 36.4 Å². The molecule has 1 amide bonds. The molecule has 20 heavy (non-hydrogen) atoms. The number of rotatable bonds is 2. The van der Waals surface area contributed by atoms with Gasteiger partial charge >= 0.3 is 5.91 Å². The highest BCUT2D eigenvalue weighted by atomic mass is 16.3. The van der Waals surface area contributed by atoms with Crippen LogP contribution in [0.2, 0.25) is 0 Å². The number of pyridine rings is 1. The Bertz CT molecular complexity index is 798. The van der Waals surface area contributed by atoms with Crippen LogP contribution in [0.4, 0.5) is 0 Å². The predicted octanol–water partition coefficient (Wildman–Crippen LogP) is 3.81. The lowest BCUT2D eigenvalue weighted by Crippen LogP contribution is -1.94. The molecule has 0 aliphatic carbocycles. The van der Waals surface area contributed by atoms with Gasteiger partial charge in [0.05, 0.1) is 5.69 Å². The maximum absolute atomic E-state index is 11.4. The maximum atomic E-state index is 11.4. The van der Waals surface area contributed by atoms with Crippen LogP contribution in [0.5, 0.6) is 0 Å². The van der Waals surface area contributed by atoms with Crippen LogP contribution in [-0.4, -0.2) is 10.9 Å². The van der Waals surface area contributed by atoms with Gasteiger partial charge in [-0.3, -0.25) is 9.78 Å². The van der Waals surface area contributed by atoms with Gasteiger partial charge in [-0.15, -0.1) is 4.91 Å². The van der Waals surface area contributed by atoms with Crippen LogP contribution in [0, 0.1) is 4.91 Å². The first-order chi connectivity index (χ1) is 9.79. The van der Waals surface area contributed by atoms with Gasteiger partial charge < -0.3 is 0 Å². The smallest absolute Gasteiger partial charge is 0.263 e. The molecule has 2 aromatic carbocycles. The molecule has 0 saturated heterocycles. The van der Waals surface area contributed by atoms with E-state index in [1.807, 2.05) is 36.4 Å². The molecule has 0 saturated carbocycles. The quantitative estimate of drug-likeness (QED) is 0.660. The summed E-state index contributed by atoms with van der Waals surface area (Å²) in [5.41, 5.74) is 2.02. The molecule has 4 nitrogen and oxygen atoms in total. The predicted molar refractivity (Wildman–Crippen MR) is 77.3 cm³/mol. The van der Waals surface area contributed by atoms with E-state index in [1.54, 1.807) is 24.4 Å². The van der Waals surface area contributed by atoms with Crippen molar-refractivity contribution >= 4 is 16.7 Å². The highest BCUT2D eigenvalue weighted by Crippen LogP contribution is 2.27. The van der Waals surface area contributed by atoms with E-state index >= 15 is 0 Å². The van der Waals surface area contributed by atoms with E-state index in [2.05, 4.69) is 10.2 Å². The number of hydrogen-bond acceptors (Lipinski definition) is 3. The van der Waals surface area contributed by atoms with E-state index in [1.165, 1.54) is 0 Å². The molecule has 0 radical (unpaired) electrons. The van der Waals surface area contributed by atoms with Crippen LogP contribution in [0.25, 0.3) is 22.0 Å². The second-order valence-corrected chi connectivity index (χ2v) is 4.36. The number of hydrogen-bond donors (Lipinski definition) is 0. The minimum atomic E-state index is -0.769. The number of amides is 1. The van der Waals surface area contributed by atoms with Gasteiger partial charge in [0.1, 0.15) is 0 Å². The summed E-state index contributed by atoms with van der Waals surface area (Å²) in [6.07, 6.45) is 1.73. The molecule has 0 unspecified atom stereocenters. The average molecular weight is 262 g/mol. The van der Waals surface area contributed by atoms with Gasteiger partial charge in [0.2, 0.25) is 0 Å². The molecule has 4 heteroatoms. The third-order valence-corrected chi connectivity index (χ3v) is 3.14. The van der Waals surface area contributed by atoms with Crippen molar-refractivity contribution < 1.29 is 4.79 Å². The van der Waals surface area contributed by atoms with Crippen molar-refractivity contribution in [1.82, 2.24) is 4.98 Å². The molecule has 1 heterocycles. The molecule has 3 aromatic rings. The zero-order valence-electron chi connectivity index (χ0n) is 10.5. The fourth-order valence-corrected chi connectivity index (χ4v) is 2.18. The molecule has 0 bridgehead atoms. The van der Waals surface area contributed by atoms with Crippen LogP contribution in [0.15, 0.2) is 66.0 Å². The molecular weight excluding hydrogens is 252 g/mol. The summed E-state index contributed by atoms with van der Waals surface area (Å²) in [6, 6.07) is 16.6. The maximum Gasteiger partial charge on any atom is 0.316 e. The highest BCUT2D eigenvalue weighted by Gasteiger charge is 2.10. The number of aromatic nitrogens is 1. The summed E-state index contributed by atoms with van der Waals surface area (Å²) in [7, 11) is 0. The topological polar surface area (TPSA) is 59.4 Å². The lowest BCUT2D eigenvalue weighted by Gasteiger charge is -2.06. The first-order valence-electron chi connectivity index (χ1n) is 6.11. The van der Waals surface area contributed by atoms with Gasteiger partial charge in [-0.2, -0.15) is 0 Å².